The number of piperazine rings is 1. The van der Waals surface area contributed by atoms with Gasteiger partial charge in [-0.25, -0.2) is 0 Å². The lowest BCUT2D eigenvalue weighted by atomic mass is 10.1. The molecule has 0 unspecified atom stereocenters. The van der Waals surface area contributed by atoms with E-state index in [9.17, 15) is 9.59 Å². The van der Waals surface area contributed by atoms with Crippen LogP contribution in [-0.2, 0) is 16.1 Å². The minimum absolute atomic E-state index is 0.460. The van der Waals surface area contributed by atoms with Crippen molar-refractivity contribution in [3.8, 4) is 5.75 Å². The Balaban J connectivity index is 1.70. The molecule has 2 amide bonds. The zero-order chi connectivity index (χ0) is 17.1. The van der Waals surface area contributed by atoms with Crippen LogP contribution in [0, 0.1) is 6.92 Å². The molecule has 124 valence electrons. The molecule has 1 fully saturated rings. The summed E-state index contributed by atoms with van der Waals surface area (Å²) in [7, 11) is 1.59. The van der Waals surface area contributed by atoms with E-state index in [-0.39, 0.29) is 0 Å². The van der Waals surface area contributed by atoms with Crippen LogP contribution in [0.2, 0.25) is 0 Å². The second-order valence-corrected chi connectivity index (χ2v) is 5.87. The molecule has 1 heterocycles. The average Bonchev–Trinajstić information content (AvgIpc) is 2.61. The van der Waals surface area contributed by atoms with E-state index in [0.29, 0.717) is 25.3 Å². The topological polar surface area (TPSA) is 49.9 Å². The van der Waals surface area contributed by atoms with Crippen LogP contribution in [0.4, 0.5) is 5.69 Å². The number of carbonyl (C=O) groups is 2. The van der Waals surface area contributed by atoms with E-state index in [2.05, 4.69) is 0 Å². The third-order valence-corrected chi connectivity index (χ3v) is 4.19. The zero-order valence-electron chi connectivity index (χ0n) is 13.9. The molecule has 0 spiro atoms. The summed E-state index contributed by atoms with van der Waals surface area (Å²) in [5.41, 5.74) is 2.91. The molecule has 0 saturated carbocycles. The van der Waals surface area contributed by atoms with Crippen molar-refractivity contribution < 1.29 is 14.3 Å². The van der Waals surface area contributed by atoms with Crippen LogP contribution in [0.1, 0.15) is 11.1 Å². The number of nitrogens with zero attached hydrogens (tertiary/aromatic N) is 2. The Morgan fingerprint density at radius 3 is 2.21 bits per heavy atom. The van der Waals surface area contributed by atoms with Gasteiger partial charge in [-0.05, 0) is 36.8 Å². The first kappa shape index (κ1) is 16.1. The smallest absolute Gasteiger partial charge is 0.316 e. The lowest BCUT2D eigenvalue weighted by Gasteiger charge is -2.33. The number of hydrogen-bond acceptors (Lipinski definition) is 3. The van der Waals surface area contributed by atoms with Crippen LogP contribution in [-0.4, -0.2) is 36.9 Å². The molecular weight excluding hydrogens is 304 g/mol. The Hall–Kier alpha value is -2.82. The molecule has 3 rings (SSSR count). The van der Waals surface area contributed by atoms with Gasteiger partial charge in [0, 0.05) is 25.3 Å². The molecule has 5 nitrogen and oxygen atoms in total. The summed E-state index contributed by atoms with van der Waals surface area (Å²) in [6.45, 7) is 3.49. The minimum Gasteiger partial charge on any atom is -0.497 e. The lowest BCUT2D eigenvalue weighted by molar-refractivity contribution is -0.146. The third kappa shape index (κ3) is 3.25. The van der Waals surface area contributed by atoms with Gasteiger partial charge in [-0.3, -0.25) is 9.59 Å². The number of anilines is 1. The minimum atomic E-state index is -0.487. The summed E-state index contributed by atoms with van der Waals surface area (Å²) >= 11 is 0. The van der Waals surface area contributed by atoms with Crippen molar-refractivity contribution in [3.05, 3.63) is 59.7 Å². The molecule has 5 heteroatoms. The van der Waals surface area contributed by atoms with Gasteiger partial charge >= 0.3 is 11.8 Å². The Morgan fingerprint density at radius 2 is 1.58 bits per heavy atom. The molecule has 2 aromatic carbocycles. The average molecular weight is 324 g/mol. The SMILES string of the molecule is COc1ccc(N2CCN(Cc3ccc(C)cc3)C(=O)C2=O)cc1. The van der Waals surface area contributed by atoms with Gasteiger partial charge in [0.25, 0.3) is 0 Å². The zero-order valence-corrected chi connectivity index (χ0v) is 13.9. The van der Waals surface area contributed by atoms with Crippen molar-refractivity contribution in [1.29, 1.82) is 0 Å². The largest absolute Gasteiger partial charge is 0.497 e. The maximum atomic E-state index is 12.4. The van der Waals surface area contributed by atoms with E-state index in [1.807, 2.05) is 31.2 Å². The molecular formula is C19H20N2O3. The van der Waals surface area contributed by atoms with Crippen molar-refractivity contribution in [2.24, 2.45) is 0 Å². The maximum Gasteiger partial charge on any atom is 0.316 e. The number of ether oxygens (including phenoxy) is 1. The first-order valence-corrected chi connectivity index (χ1v) is 7.89. The molecule has 0 aromatic heterocycles. The number of hydrogen-bond donors (Lipinski definition) is 0. The molecule has 0 bridgehead atoms. The summed E-state index contributed by atoms with van der Waals surface area (Å²) in [5, 5.41) is 0. The molecule has 0 atom stereocenters. The standard InChI is InChI=1S/C19H20N2O3/c1-14-3-5-15(6-4-14)13-20-11-12-21(19(23)18(20)22)16-7-9-17(24-2)10-8-16/h3-10H,11-13H2,1-2H3. The van der Waals surface area contributed by atoms with Crippen LogP contribution in [0.15, 0.2) is 48.5 Å². The number of rotatable bonds is 4. The molecule has 2 aromatic rings. The molecule has 1 aliphatic rings. The Kier molecular flexibility index (Phi) is 4.51. The highest BCUT2D eigenvalue weighted by Gasteiger charge is 2.33. The lowest BCUT2D eigenvalue weighted by Crippen LogP contribution is -2.54. The quantitative estimate of drug-likeness (QED) is 0.811. The first-order valence-electron chi connectivity index (χ1n) is 7.89. The summed E-state index contributed by atoms with van der Waals surface area (Å²) in [6, 6.07) is 15.1. The fourth-order valence-corrected chi connectivity index (χ4v) is 2.75. The number of amides is 2. The van der Waals surface area contributed by atoms with Crippen molar-refractivity contribution in [2.75, 3.05) is 25.1 Å². The number of carbonyl (C=O) groups excluding carboxylic acids is 2. The fraction of sp³-hybridized carbons (Fsp3) is 0.263. The summed E-state index contributed by atoms with van der Waals surface area (Å²) in [4.78, 5) is 28.0. The first-order chi connectivity index (χ1) is 11.6. The van der Waals surface area contributed by atoms with E-state index >= 15 is 0 Å². The van der Waals surface area contributed by atoms with E-state index in [1.165, 1.54) is 10.5 Å². The summed E-state index contributed by atoms with van der Waals surface area (Å²) < 4.78 is 5.12. The Bertz CT molecular complexity index is 738. The predicted octanol–water partition coefficient (Wildman–Crippen LogP) is 2.38. The van der Waals surface area contributed by atoms with E-state index in [1.54, 1.807) is 36.3 Å². The highest BCUT2D eigenvalue weighted by atomic mass is 16.5. The fourth-order valence-electron chi connectivity index (χ4n) is 2.75. The molecule has 24 heavy (non-hydrogen) atoms. The maximum absolute atomic E-state index is 12.4. The predicted molar refractivity (Wildman–Crippen MR) is 91.9 cm³/mol. The van der Waals surface area contributed by atoms with E-state index in [0.717, 1.165) is 11.3 Å². The van der Waals surface area contributed by atoms with E-state index in [4.69, 9.17) is 4.74 Å². The number of aryl methyl sites for hydroxylation is 1. The highest BCUT2D eigenvalue weighted by molar-refractivity contribution is 6.40. The van der Waals surface area contributed by atoms with Gasteiger partial charge in [-0.2, -0.15) is 0 Å². The second-order valence-electron chi connectivity index (χ2n) is 5.87. The van der Waals surface area contributed by atoms with Crippen molar-refractivity contribution >= 4 is 17.5 Å². The number of benzene rings is 2. The van der Waals surface area contributed by atoms with Crippen LogP contribution in [0.25, 0.3) is 0 Å². The summed E-state index contributed by atoms with van der Waals surface area (Å²) in [6.07, 6.45) is 0. The van der Waals surface area contributed by atoms with Crippen molar-refractivity contribution in [2.45, 2.75) is 13.5 Å². The van der Waals surface area contributed by atoms with Gasteiger partial charge < -0.3 is 14.5 Å². The van der Waals surface area contributed by atoms with Crippen LogP contribution < -0.4 is 9.64 Å². The van der Waals surface area contributed by atoms with Gasteiger partial charge in [0.05, 0.1) is 7.11 Å². The van der Waals surface area contributed by atoms with Gasteiger partial charge in [0.1, 0.15) is 5.75 Å². The molecule has 0 N–H and O–H groups in total. The monoisotopic (exact) mass is 324 g/mol. The van der Waals surface area contributed by atoms with Gasteiger partial charge in [0.15, 0.2) is 0 Å². The molecule has 0 radical (unpaired) electrons. The van der Waals surface area contributed by atoms with E-state index < -0.39 is 11.8 Å². The second kappa shape index (κ2) is 6.74. The molecule has 1 saturated heterocycles. The van der Waals surface area contributed by atoms with Gasteiger partial charge in [0.2, 0.25) is 0 Å². The Labute approximate surface area is 141 Å². The molecule has 1 aliphatic heterocycles. The third-order valence-electron chi connectivity index (χ3n) is 4.19. The van der Waals surface area contributed by atoms with Crippen molar-refractivity contribution in [3.63, 3.8) is 0 Å². The highest BCUT2D eigenvalue weighted by Crippen LogP contribution is 2.22. The summed E-state index contributed by atoms with van der Waals surface area (Å²) in [5.74, 6) is -0.230. The van der Waals surface area contributed by atoms with Crippen LogP contribution in [0.5, 0.6) is 5.75 Å². The number of methoxy groups -OCH3 is 1. The molecule has 0 aliphatic carbocycles. The normalized spacial score (nSPS) is 14.9. The van der Waals surface area contributed by atoms with Gasteiger partial charge in [-0.15, -0.1) is 0 Å². The van der Waals surface area contributed by atoms with Gasteiger partial charge in [-0.1, -0.05) is 29.8 Å². The van der Waals surface area contributed by atoms with Crippen LogP contribution >= 0.6 is 0 Å². The Morgan fingerprint density at radius 1 is 0.917 bits per heavy atom. The van der Waals surface area contributed by atoms with Crippen LogP contribution in [0.3, 0.4) is 0 Å². The van der Waals surface area contributed by atoms with Crippen molar-refractivity contribution in [1.82, 2.24) is 4.90 Å².